The molecule has 1 heterocycles. The fourth-order valence-corrected chi connectivity index (χ4v) is 1.83. The molecular formula is C15H19N3O. The predicted octanol–water partition coefficient (Wildman–Crippen LogP) is 2.42. The first-order chi connectivity index (χ1) is 9.04. The zero-order valence-corrected chi connectivity index (χ0v) is 11.6. The van der Waals surface area contributed by atoms with E-state index in [1.54, 1.807) is 12.3 Å². The Bertz CT molecular complexity index is 600. The summed E-state index contributed by atoms with van der Waals surface area (Å²) in [5.74, 6) is 0. The van der Waals surface area contributed by atoms with E-state index >= 15 is 0 Å². The van der Waals surface area contributed by atoms with Crippen molar-refractivity contribution in [1.82, 2.24) is 9.78 Å². The Morgan fingerprint density at radius 1 is 1.26 bits per heavy atom. The monoisotopic (exact) mass is 257 g/mol. The summed E-state index contributed by atoms with van der Waals surface area (Å²) >= 11 is 0. The maximum Gasteiger partial charge on any atom is 0.269 e. The fourth-order valence-electron chi connectivity index (χ4n) is 1.83. The molecule has 0 bridgehead atoms. The molecule has 4 heteroatoms. The largest absolute Gasteiger partial charge is 0.381 e. The highest BCUT2D eigenvalue weighted by molar-refractivity contribution is 5.39. The summed E-state index contributed by atoms with van der Waals surface area (Å²) in [5.41, 5.74) is 2.96. The minimum Gasteiger partial charge on any atom is -0.381 e. The van der Waals surface area contributed by atoms with Gasteiger partial charge in [-0.2, -0.15) is 5.10 Å². The molecule has 0 saturated heterocycles. The smallest absolute Gasteiger partial charge is 0.269 e. The molecule has 2 aromatic rings. The van der Waals surface area contributed by atoms with Crippen molar-refractivity contribution >= 4 is 5.69 Å². The Morgan fingerprint density at radius 2 is 1.95 bits per heavy atom. The maximum absolute atomic E-state index is 12.0. The minimum absolute atomic E-state index is 0.0915. The molecule has 0 atom stereocenters. The first-order valence-corrected chi connectivity index (χ1v) is 6.44. The van der Waals surface area contributed by atoms with Crippen molar-refractivity contribution in [2.75, 3.05) is 5.32 Å². The highest BCUT2D eigenvalue weighted by Crippen LogP contribution is 2.05. The van der Waals surface area contributed by atoms with Crippen LogP contribution in [0.15, 0.2) is 41.3 Å². The van der Waals surface area contributed by atoms with E-state index in [0.717, 1.165) is 11.3 Å². The van der Waals surface area contributed by atoms with Gasteiger partial charge in [-0.15, -0.1) is 0 Å². The van der Waals surface area contributed by atoms with Crippen molar-refractivity contribution in [2.45, 2.75) is 33.4 Å². The van der Waals surface area contributed by atoms with Gasteiger partial charge < -0.3 is 5.32 Å². The van der Waals surface area contributed by atoms with Gasteiger partial charge in [-0.1, -0.05) is 29.8 Å². The molecule has 0 radical (unpaired) electrons. The lowest BCUT2D eigenvalue weighted by atomic mass is 10.1. The first-order valence-electron chi connectivity index (χ1n) is 6.44. The van der Waals surface area contributed by atoms with Gasteiger partial charge in [-0.3, -0.25) is 4.79 Å². The SMILES string of the molecule is Cc1ccc(Cn2ncc(NC(C)C)cc2=O)cc1. The van der Waals surface area contributed by atoms with Crippen LogP contribution in [0.3, 0.4) is 0 Å². The third-order valence-electron chi connectivity index (χ3n) is 2.78. The van der Waals surface area contributed by atoms with Gasteiger partial charge in [-0.05, 0) is 26.3 Å². The standard InChI is InChI=1S/C15H19N3O/c1-11(2)17-14-8-15(19)18(16-9-14)10-13-6-4-12(3)5-7-13/h4-9,11,17H,10H2,1-3H3. The Labute approximate surface area is 113 Å². The molecule has 1 N–H and O–H groups in total. The highest BCUT2D eigenvalue weighted by Gasteiger charge is 2.02. The van der Waals surface area contributed by atoms with Crippen molar-refractivity contribution in [3.63, 3.8) is 0 Å². The molecule has 1 aromatic carbocycles. The normalized spacial score (nSPS) is 10.7. The summed E-state index contributed by atoms with van der Waals surface area (Å²) in [6, 6.07) is 9.98. The van der Waals surface area contributed by atoms with E-state index in [1.165, 1.54) is 10.2 Å². The van der Waals surface area contributed by atoms with Gasteiger partial charge >= 0.3 is 0 Å². The van der Waals surface area contributed by atoms with Gasteiger partial charge in [0.05, 0.1) is 18.4 Å². The van der Waals surface area contributed by atoms with E-state index < -0.39 is 0 Å². The lowest BCUT2D eigenvalue weighted by Gasteiger charge is -2.10. The molecule has 0 saturated carbocycles. The number of hydrogen-bond acceptors (Lipinski definition) is 3. The summed E-state index contributed by atoms with van der Waals surface area (Å²) in [6.45, 7) is 6.59. The summed E-state index contributed by atoms with van der Waals surface area (Å²) in [7, 11) is 0. The molecule has 19 heavy (non-hydrogen) atoms. The number of anilines is 1. The quantitative estimate of drug-likeness (QED) is 0.915. The summed E-state index contributed by atoms with van der Waals surface area (Å²) in [5, 5.41) is 7.36. The Kier molecular flexibility index (Phi) is 4.00. The van der Waals surface area contributed by atoms with E-state index in [4.69, 9.17) is 0 Å². The predicted molar refractivity (Wildman–Crippen MR) is 77.5 cm³/mol. The molecule has 0 fully saturated rings. The molecule has 4 nitrogen and oxygen atoms in total. The van der Waals surface area contributed by atoms with Gasteiger partial charge in [0.2, 0.25) is 0 Å². The van der Waals surface area contributed by atoms with Crippen LogP contribution in [0.4, 0.5) is 5.69 Å². The number of benzene rings is 1. The van der Waals surface area contributed by atoms with Crippen molar-refractivity contribution in [1.29, 1.82) is 0 Å². The van der Waals surface area contributed by atoms with Crippen LogP contribution in [-0.4, -0.2) is 15.8 Å². The van der Waals surface area contributed by atoms with Crippen molar-refractivity contribution in [3.05, 3.63) is 58.0 Å². The molecule has 1 aromatic heterocycles. The lowest BCUT2D eigenvalue weighted by molar-refractivity contribution is 0.639. The van der Waals surface area contributed by atoms with Gasteiger partial charge in [0.15, 0.2) is 0 Å². The van der Waals surface area contributed by atoms with Gasteiger partial charge in [0.25, 0.3) is 5.56 Å². The van der Waals surface area contributed by atoms with Crippen molar-refractivity contribution in [2.24, 2.45) is 0 Å². The summed E-state index contributed by atoms with van der Waals surface area (Å²) in [4.78, 5) is 12.0. The number of aromatic nitrogens is 2. The number of nitrogens with one attached hydrogen (secondary N) is 1. The summed E-state index contributed by atoms with van der Waals surface area (Å²) < 4.78 is 1.47. The van der Waals surface area contributed by atoms with Crippen LogP contribution in [-0.2, 0) is 6.54 Å². The van der Waals surface area contributed by atoms with E-state index in [2.05, 4.69) is 10.4 Å². The number of rotatable bonds is 4. The first kappa shape index (κ1) is 13.3. The molecule has 0 amide bonds. The molecular weight excluding hydrogens is 238 g/mol. The highest BCUT2D eigenvalue weighted by atomic mass is 16.1. The van der Waals surface area contributed by atoms with E-state index in [1.807, 2.05) is 45.0 Å². The van der Waals surface area contributed by atoms with Crippen LogP contribution in [0.5, 0.6) is 0 Å². The van der Waals surface area contributed by atoms with Gasteiger partial charge in [-0.25, -0.2) is 4.68 Å². The Balaban J connectivity index is 2.17. The van der Waals surface area contributed by atoms with Crippen LogP contribution >= 0.6 is 0 Å². The zero-order valence-electron chi connectivity index (χ0n) is 11.6. The second-order valence-electron chi connectivity index (χ2n) is 5.02. The summed E-state index contributed by atoms with van der Waals surface area (Å²) in [6.07, 6.45) is 1.69. The van der Waals surface area contributed by atoms with Gasteiger partial charge in [0.1, 0.15) is 0 Å². The number of nitrogens with zero attached hydrogens (tertiary/aromatic N) is 2. The number of hydrogen-bond donors (Lipinski definition) is 1. The van der Waals surface area contributed by atoms with E-state index in [-0.39, 0.29) is 11.6 Å². The molecule has 0 unspecified atom stereocenters. The Hall–Kier alpha value is -2.10. The van der Waals surface area contributed by atoms with Crippen LogP contribution in [0, 0.1) is 6.92 Å². The van der Waals surface area contributed by atoms with Crippen LogP contribution < -0.4 is 10.9 Å². The average Bonchev–Trinajstić information content (AvgIpc) is 2.34. The minimum atomic E-state index is -0.0915. The molecule has 0 aliphatic carbocycles. The van der Waals surface area contributed by atoms with Crippen molar-refractivity contribution in [3.8, 4) is 0 Å². The van der Waals surface area contributed by atoms with E-state index in [9.17, 15) is 4.79 Å². The second kappa shape index (κ2) is 5.69. The molecule has 2 rings (SSSR count). The number of aryl methyl sites for hydroxylation is 1. The lowest BCUT2D eigenvalue weighted by Crippen LogP contribution is -2.24. The zero-order chi connectivity index (χ0) is 13.8. The topological polar surface area (TPSA) is 46.9 Å². The molecule has 0 aliphatic heterocycles. The maximum atomic E-state index is 12.0. The van der Waals surface area contributed by atoms with Crippen LogP contribution in [0.25, 0.3) is 0 Å². The van der Waals surface area contributed by atoms with E-state index in [0.29, 0.717) is 6.54 Å². The molecule has 0 spiro atoms. The van der Waals surface area contributed by atoms with Crippen molar-refractivity contribution < 1.29 is 0 Å². The average molecular weight is 257 g/mol. The van der Waals surface area contributed by atoms with Crippen LogP contribution in [0.2, 0.25) is 0 Å². The molecule has 100 valence electrons. The third-order valence-corrected chi connectivity index (χ3v) is 2.78. The fraction of sp³-hybridized carbons (Fsp3) is 0.333. The van der Waals surface area contributed by atoms with Crippen LogP contribution in [0.1, 0.15) is 25.0 Å². The third kappa shape index (κ3) is 3.68. The second-order valence-corrected chi connectivity index (χ2v) is 5.02. The van der Waals surface area contributed by atoms with Gasteiger partial charge in [0, 0.05) is 12.1 Å². The Morgan fingerprint density at radius 3 is 2.53 bits per heavy atom. The molecule has 0 aliphatic rings.